The summed E-state index contributed by atoms with van der Waals surface area (Å²) in [5.74, 6) is -3.99. The molecule has 14 nitrogen and oxygen atoms in total. The van der Waals surface area contributed by atoms with Gasteiger partial charge in [-0.05, 0) is 24.4 Å². The van der Waals surface area contributed by atoms with Gasteiger partial charge in [-0.3, -0.25) is 34.8 Å². The summed E-state index contributed by atoms with van der Waals surface area (Å²) >= 11 is 5.17. The van der Waals surface area contributed by atoms with Crippen LogP contribution in [0.4, 0.5) is 0 Å². The third kappa shape index (κ3) is 8.88. The van der Waals surface area contributed by atoms with Gasteiger partial charge in [0.25, 0.3) is 5.91 Å². The maximum absolute atomic E-state index is 12.3. The van der Waals surface area contributed by atoms with Gasteiger partial charge in [-0.1, -0.05) is 12.1 Å². The standard InChI is InChI=1S/C22H27N3O11S/c1-10(26)32-9-16-17(33-11(2)27)18(34-12(3)28)19(35-13(4)29)21(36-16)23-22(37)25-24-20(31)14-7-5-6-8-15(14)30/h5-8,16-19,21,30H,9H2,1-4H3,(H,24,31)(H2,23,25,37)/t16?,17-,18?,19?,21-/m1/s1. The highest BCUT2D eigenvalue weighted by Gasteiger charge is 2.52. The minimum Gasteiger partial charge on any atom is -0.507 e. The fourth-order valence-corrected chi connectivity index (χ4v) is 3.52. The van der Waals surface area contributed by atoms with Crippen molar-refractivity contribution in [2.75, 3.05) is 6.61 Å². The number of nitrogens with one attached hydrogen (secondary N) is 3. The Bertz CT molecular complexity index is 1050. The lowest BCUT2D eigenvalue weighted by molar-refractivity contribution is -0.254. The van der Waals surface area contributed by atoms with Crippen LogP contribution in [0.3, 0.4) is 0 Å². The largest absolute Gasteiger partial charge is 0.507 e. The molecule has 0 spiro atoms. The highest BCUT2D eigenvalue weighted by molar-refractivity contribution is 7.80. The van der Waals surface area contributed by atoms with Crippen LogP contribution in [0.2, 0.25) is 0 Å². The Morgan fingerprint density at radius 3 is 2.00 bits per heavy atom. The first-order valence-corrected chi connectivity index (χ1v) is 11.2. The molecule has 1 amide bonds. The molecule has 1 aliphatic heterocycles. The third-order valence-corrected chi connectivity index (χ3v) is 4.92. The minimum absolute atomic E-state index is 0.0369. The van der Waals surface area contributed by atoms with Gasteiger partial charge in [-0.25, -0.2) is 0 Å². The topological polar surface area (TPSA) is 188 Å². The Morgan fingerprint density at radius 1 is 0.865 bits per heavy atom. The Balaban J connectivity index is 2.27. The number of phenols is 1. The van der Waals surface area contributed by atoms with E-state index in [9.17, 15) is 29.1 Å². The Labute approximate surface area is 216 Å². The number of carbonyl (C=O) groups is 5. The normalized spacial score (nSPS) is 22.5. The van der Waals surface area contributed by atoms with E-state index in [0.29, 0.717) is 0 Å². The van der Waals surface area contributed by atoms with E-state index in [-0.39, 0.29) is 16.4 Å². The van der Waals surface area contributed by atoms with E-state index in [4.69, 9.17) is 35.9 Å². The van der Waals surface area contributed by atoms with Gasteiger partial charge in [-0.15, -0.1) is 0 Å². The number of aromatic hydroxyl groups is 1. The lowest BCUT2D eigenvalue weighted by Crippen LogP contribution is -2.67. The van der Waals surface area contributed by atoms with Crippen molar-refractivity contribution in [3.63, 3.8) is 0 Å². The number of thiocarbonyl (C=S) groups is 1. The number of phenolic OH excluding ortho intramolecular Hbond substituents is 1. The number of esters is 4. The fraction of sp³-hybridized carbons (Fsp3) is 0.455. The third-order valence-electron chi connectivity index (χ3n) is 4.70. The van der Waals surface area contributed by atoms with Crippen LogP contribution < -0.4 is 16.2 Å². The van der Waals surface area contributed by atoms with Gasteiger partial charge < -0.3 is 34.1 Å². The number of rotatable bonds is 7. The number of hydrogen-bond acceptors (Lipinski definition) is 12. The first-order valence-electron chi connectivity index (χ1n) is 10.8. The lowest BCUT2D eigenvalue weighted by Gasteiger charge is -2.44. The number of benzene rings is 1. The molecule has 1 fully saturated rings. The molecule has 0 saturated carbocycles. The zero-order chi connectivity index (χ0) is 27.7. The summed E-state index contributed by atoms with van der Waals surface area (Å²) in [5.41, 5.74) is 4.64. The molecular weight excluding hydrogens is 514 g/mol. The zero-order valence-electron chi connectivity index (χ0n) is 20.3. The monoisotopic (exact) mass is 541 g/mol. The molecule has 1 saturated heterocycles. The summed E-state index contributed by atoms with van der Waals surface area (Å²) < 4.78 is 26.7. The molecule has 1 aromatic rings. The maximum atomic E-state index is 12.3. The van der Waals surface area contributed by atoms with Crippen molar-refractivity contribution in [2.24, 2.45) is 0 Å². The van der Waals surface area contributed by atoms with E-state index in [1.165, 1.54) is 18.2 Å². The second-order valence-corrected chi connectivity index (χ2v) is 8.10. The summed E-state index contributed by atoms with van der Waals surface area (Å²) in [7, 11) is 0. The average molecular weight is 542 g/mol. The van der Waals surface area contributed by atoms with E-state index in [2.05, 4.69) is 16.2 Å². The molecule has 5 atom stereocenters. The highest BCUT2D eigenvalue weighted by atomic mass is 32.1. The predicted octanol–water partition coefficient (Wildman–Crippen LogP) is -0.416. The quantitative estimate of drug-likeness (QED) is 0.151. The number of carbonyl (C=O) groups excluding carboxylic acids is 5. The molecule has 0 aliphatic carbocycles. The molecule has 1 aromatic carbocycles. The molecule has 37 heavy (non-hydrogen) atoms. The Hall–Kier alpha value is -3.98. The lowest BCUT2D eigenvalue weighted by atomic mass is 9.97. The van der Waals surface area contributed by atoms with Crippen LogP contribution in [0.25, 0.3) is 0 Å². The summed E-state index contributed by atoms with van der Waals surface area (Å²) in [5, 5.41) is 12.2. The predicted molar refractivity (Wildman–Crippen MR) is 126 cm³/mol. The summed E-state index contributed by atoms with van der Waals surface area (Å²) in [6.07, 6.45) is -6.63. The smallest absolute Gasteiger partial charge is 0.303 e. The van der Waals surface area contributed by atoms with Crippen molar-refractivity contribution >= 4 is 47.1 Å². The van der Waals surface area contributed by atoms with Crippen LogP contribution >= 0.6 is 12.2 Å². The van der Waals surface area contributed by atoms with Crippen molar-refractivity contribution in [2.45, 2.75) is 58.3 Å². The van der Waals surface area contributed by atoms with Gasteiger partial charge in [0.2, 0.25) is 0 Å². The summed E-state index contributed by atoms with van der Waals surface area (Å²) in [6.45, 7) is 4.02. The Kier molecular flexibility index (Phi) is 10.6. The molecular formula is C22H27N3O11S. The second kappa shape index (κ2) is 13.4. The first kappa shape index (κ1) is 29.3. The van der Waals surface area contributed by atoms with Crippen molar-refractivity contribution in [3.05, 3.63) is 29.8 Å². The van der Waals surface area contributed by atoms with E-state index >= 15 is 0 Å². The van der Waals surface area contributed by atoms with Crippen LogP contribution in [0.15, 0.2) is 24.3 Å². The molecule has 0 radical (unpaired) electrons. The van der Waals surface area contributed by atoms with Gasteiger partial charge in [-0.2, -0.15) is 0 Å². The van der Waals surface area contributed by atoms with Crippen molar-refractivity contribution in [1.29, 1.82) is 0 Å². The van der Waals surface area contributed by atoms with Crippen molar-refractivity contribution in [3.8, 4) is 5.75 Å². The summed E-state index contributed by atoms with van der Waals surface area (Å²) in [6, 6.07) is 5.78. The maximum Gasteiger partial charge on any atom is 0.303 e. The number of ether oxygens (including phenoxy) is 5. The highest BCUT2D eigenvalue weighted by Crippen LogP contribution is 2.28. The molecule has 15 heteroatoms. The van der Waals surface area contributed by atoms with Crippen molar-refractivity contribution in [1.82, 2.24) is 16.2 Å². The number of para-hydroxylation sites is 1. The van der Waals surface area contributed by atoms with E-state index in [1.807, 2.05) is 0 Å². The molecule has 3 unspecified atom stereocenters. The molecule has 1 heterocycles. The van der Waals surface area contributed by atoms with Gasteiger partial charge in [0, 0.05) is 27.7 Å². The molecule has 202 valence electrons. The number of hydrazine groups is 1. The van der Waals surface area contributed by atoms with Crippen LogP contribution in [-0.2, 0) is 42.9 Å². The van der Waals surface area contributed by atoms with Gasteiger partial charge in [0.1, 0.15) is 18.5 Å². The molecule has 1 aliphatic rings. The summed E-state index contributed by atoms with van der Waals surface area (Å²) in [4.78, 5) is 59.2. The van der Waals surface area contributed by atoms with Gasteiger partial charge in [0.15, 0.2) is 29.7 Å². The Morgan fingerprint density at radius 2 is 1.43 bits per heavy atom. The van der Waals surface area contributed by atoms with Crippen LogP contribution in [0, 0.1) is 0 Å². The van der Waals surface area contributed by atoms with E-state index < -0.39 is 67.0 Å². The molecule has 0 aromatic heterocycles. The van der Waals surface area contributed by atoms with Gasteiger partial charge >= 0.3 is 23.9 Å². The van der Waals surface area contributed by atoms with Gasteiger partial charge in [0.05, 0.1) is 5.56 Å². The van der Waals surface area contributed by atoms with Crippen LogP contribution in [-0.4, -0.2) is 77.3 Å². The average Bonchev–Trinajstić information content (AvgIpc) is 2.79. The first-order chi connectivity index (χ1) is 17.4. The van der Waals surface area contributed by atoms with Crippen LogP contribution in [0.1, 0.15) is 38.1 Å². The van der Waals surface area contributed by atoms with Crippen LogP contribution in [0.5, 0.6) is 5.75 Å². The molecule has 4 N–H and O–H groups in total. The van der Waals surface area contributed by atoms with E-state index in [1.54, 1.807) is 6.07 Å². The second-order valence-electron chi connectivity index (χ2n) is 7.69. The van der Waals surface area contributed by atoms with E-state index in [0.717, 1.165) is 27.7 Å². The SMILES string of the molecule is CC(=O)OCC1O[C@@H](NC(=S)NNC(=O)c2ccccc2O)C(OC(C)=O)C(OC(C)=O)[C@@H]1OC(C)=O. The molecule has 0 bridgehead atoms. The van der Waals surface area contributed by atoms with Crippen molar-refractivity contribution < 1.29 is 52.8 Å². The molecule has 2 rings (SSSR count). The zero-order valence-corrected chi connectivity index (χ0v) is 21.2. The fourth-order valence-electron chi connectivity index (χ4n) is 3.36. The number of amides is 1. The minimum atomic E-state index is -1.40. The number of hydrogen-bond donors (Lipinski definition) is 4.